The maximum atomic E-state index is 9.95. The van der Waals surface area contributed by atoms with Gasteiger partial charge in [0, 0.05) is 10.5 Å². The van der Waals surface area contributed by atoms with Crippen molar-refractivity contribution in [3.63, 3.8) is 0 Å². The van der Waals surface area contributed by atoms with Gasteiger partial charge in [-0.3, -0.25) is 0 Å². The van der Waals surface area contributed by atoms with Crippen molar-refractivity contribution in [2.24, 2.45) is 0 Å². The van der Waals surface area contributed by atoms with Crippen LogP contribution in [0.15, 0.2) is 41.3 Å². The van der Waals surface area contributed by atoms with Gasteiger partial charge in [-0.1, -0.05) is 29.3 Å². The van der Waals surface area contributed by atoms with Crippen LogP contribution in [0, 0.1) is 0 Å². The Kier molecular flexibility index (Phi) is 3.87. The second-order valence-corrected chi connectivity index (χ2v) is 5.21. The van der Waals surface area contributed by atoms with E-state index < -0.39 is 0 Å². The van der Waals surface area contributed by atoms with Crippen molar-refractivity contribution in [3.8, 4) is 16.9 Å². The van der Waals surface area contributed by atoms with Crippen molar-refractivity contribution in [1.29, 1.82) is 0 Å². The number of hydrogen-bond donors (Lipinski definition) is 1. The number of phenolic OH excluding ortho intramolecular Hbond substituents is 1. The summed E-state index contributed by atoms with van der Waals surface area (Å²) in [5.41, 5.74) is 1.60. The third-order valence-corrected chi connectivity index (χ3v) is 3.90. The average Bonchev–Trinajstić information content (AvgIpc) is 2.32. The van der Waals surface area contributed by atoms with E-state index in [1.807, 2.05) is 24.5 Å². The second-order valence-electron chi connectivity index (χ2n) is 3.51. The number of aromatic hydroxyl groups is 1. The highest BCUT2D eigenvalue weighted by atomic mass is 35.5. The monoisotopic (exact) mass is 284 g/mol. The van der Waals surface area contributed by atoms with E-state index in [4.69, 9.17) is 23.2 Å². The summed E-state index contributed by atoms with van der Waals surface area (Å²) >= 11 is 13.4. The van der Waals surface area contributed by atoms with Crippen LogP contribution in [-0.4, -0.2) is 11.4 Å². The molecule has 0 aliphatic heterocycles. The van der Waals surface area contributed by atoms with Crippen molar-refractivity contribution in [1.82, 2.24) is 0 Å². The van der Waals surface area contributed by atoms with Gasteiger partial charge in [0.25, 0.3) is 0 Å². The van der Waals surface area contributed by atoms with E-state index >= 15 is 0 Å². The Morgan fingerprint density at radius 1 is 1.00 bits per heavy atom. The Bertz CT molecular complexity index is 555. The van der Waals surface area contributed by atoms with Crippen LogP contribution >= 0.6 is 35.0 Å². The van der Waals surface area contributed by atoms with Gasteiger partial charge in [-0.15, -0.1) is 11.8 Å². The predicted octanol–water partition coefficient (Wildman–Crippen LogP) is 5.09. The third-order valence-electron chi connectivity index (χ3n) is 2.44. The Morgan fingerprint density at radius 3 is 2.35 bits per heavy atom. The van der Waals surface area contributed by atoms with Crippen molar-refractivity contribution >= 4 is 35.0 Å². The molecule has 88 valence electrons. The first-order valence-corrected chi connectivity index (χ1v) is 6.92. The van der Waals surface area contributed by atoms with Crippen molar-refractivity contribution in [3.05, 3.63) is 46.4 Å². The van der Waals surface area contributed by atoms with Gasteiger partial charge < -0.3 is 5.11 Å². The highest BCUT2D eigenvalue weighted by Crippen LogP contribution is 2.35. The Labute approximate surface area is 114 Å². The summed E-state index contributed by atoms with van der Waals surface area (Å²) < 4.78 is 0. The quantitative estimate of drug-likeness (QED) is 0.776. The Balaban J connectivity index is 2.49. The molecule has 0 aromatic heterocycles. The zero-order valence-electron chi connectivity index (χ0n) is 9.08. The van der Waals surface area contributed by atoms with Gasteiger partial charge in [-0.05, 0) is 42.2 Å². The lowest BCUT2D eigenvalue weighted by Gasteiger charge is -2.07. The summed E-state index contributed by atoms with van der Waals surface area (Å²) in [6, 6.07) is 10.9. The smallest absolute Gasteiger partial charge is 0.124 e. The first-order chi connectivity index (χ1) is 8.11. The van der Waals surface area contributed by atoms with Crippen molar-refractivity contribution in [2.45, 2.75) is 4.90 Å². The lowest BCUT2D eigenvalue weighted by molar-refractivity contribution is 0.476. The highest BCUT2D eigenvalue weighted by Gasteiger charge is 2.07. The number of thioether (sulfide) groups is 1. The molecule has 2 aromatic rings. The number of halogens is 2. The largest absolute Gasteiger partial charge is 0.507 e. The van der Waals surface area contributed by atoms with Crippen LogP contribution in [0.1, 0.15) is 0 Å². The summed E-state index contributed by atoms with van der Waals surface area (Å²) in [4.78, 5) is 1.02. The molecule has 0 atom stereocenters. The maximum Gasteiger partial charge on any atom is 0.124 e. The Hall–Kier alpha value is -0.830. The molecule has 0 heterocycles. The zero-order valence-corrected chi connectivity index (χ0v) is 11.4. The van der Waals surface area contributed by atoms with Crippen molar-refractivity contribution in [2.75, 3.05) is 6.26 Å². The van der Waals surface area contributed by atoms with Gasteiger partial charge in [-0.2, -0.15) is 0 Å². The minimum atomic E-state index is 0.246. The van der Waals surface area contributed by atoms with Crippen LogP contribution in [0.4, 0.5) is 0 Å². The minimum absolute atomic E-state index is 0.246. The van der Waals surface area contributed by atoms with E-state index in [2.05, 4.69) is 0 Å². The van der Waals surface area contributed by atoms with E-state index in [9.17, 15) is 5.11 Å². The van der Waals surface area contributed by atoms with E-state index in [1.165, 1.54) is 0 Å². The number of hydrogen-bond acceptors (Lipinski definition) is 2. The van der Waals surface area contributed by atoms with Gasteiger partial charge in [0.05, 0.1) is 10.0 Å². The third kappa shape index (κ3) is 2.71. The molecule has 0 spiro atoms. The molecule has 2 aromatic carbocycles. The molecule has 0 aliphatic rings. The van der Waals surface area contributed by atoms with Gasteiger partial charge in [0.1, 0.15) is 5.75 Å². The average molecular weight is 285 g/mol. The van der Waals surface area contributed by atoms with Gasteiger partial charge in [0.2, 0.25) is 0 Å². The fraction of sp³-hybridized carbons (Fsp3) is 0.0769. The van der Waals surface area contributed by atoms with Crippen molar-refractivity contribution < 1.29 is 5.11 Å². The Morgan fingerprint density at radius 2 is 1.76 bits per heavy atom. The van der Waals surface area contributed by atoms with Crippen LogP contribution < -0.4 is 0 Å². The molecule has 0 fully saturated rings. The fourth-order valence-electron chi connectivity index (χ4n) is 1.55. The predicted molar refractivity (Wildman–Crippen MR) is 75.3 cm³/mol. The first-order valence-electron chi connectivity index (χ1n) is 4.94. The molecule has 0 unspecified atom stereocenters. The van der Waals surface area contributed by atoms with E-state index in [0.29, 0.717) is 10.0 Å². The summed E-state index contributed by atoms with van der Waals surface area (Å²) in [7, 11) is 0. The minimum Gasteiger partial charge on any atom is -0.507 e. The molecule has 1 N–H and O–H groups in total. The number of benzene rings is 2. The van der Waals surface area contributed by atoms with Crippen LogP contribution in [-0.2, 0) is 0 Å². The molecular weight excluding hydrogens is 275 g/mol. The topological polar surface area (TPSA) is 20.2 Å². The molecule has 2 rings (SSSR count). The highest BCUT2D eigenvalue weighted by molar-refractivity contribution is 7.98. The fourth-order valence-corrected chi connectivity index (χ4v) is 2.28. The summed E-state index contributed by atoms with van der Waals surface area (Å²) in [5.74, 6) is 0.246. The normalized spacial score (nSPS) is 10.5. The summed E-state index contributed by atoms with van der Waals surface area (Å²) in [6.07, 6.45) is 1.97. The lowest BCUT2D eigenvalue weighted by atomic mass is 10.1. The zero-order chi connectivity index (χ0) is 12.4. The van der Waals surface area contributed by atoms with Gasteiger partial charge >= 0.3 is 0 Å². The standard InChI is InChI=1S/C13H10Cl2OS/c1-17-9-3-4-10(13(16)7-9)8-2-5-11(14)12(15)6-8/h2-7,16H,1H3. The second kappa shape index (κ2) is 5.21. The van der Waals surface area contributed by atoms with Gasteiger partial charge in [0.15, 0.2) is 0 Å². The molecule has 1 nitrogen and oxygen atoms in total. The number of phenols is 1. The summed E-state index contributed by atoms with van der Waals surface area (Å²) in [5, 5.41) is 10.9. The summed E-state index contributed by atoms with van der Waals surface area (Å²) in [6.45, 7) is 0. The SMILES string of the molecule is CSc1ccc(-c2ccc(Cl)c(Cl)c2)c(O)c1. The van der Waals surface area contributed by atoms with E-state index in [1.54, 1.807) is 30.0 Å². The molecule has 4 heteroatoms. The van der Waals surface area contributed by atoms with Gasteiger partial charge in [-0.25, -0.2) is 0 Å². The molecule has 0 bridgehead atoms. The molecule has 0 amide bonds. The van der Waals surface area contributed by atoms with Crippen LogP contribution in [0.5, 0.6) is 5.75 Å². The van der Waals surface area contributed by atoms with Crippen LogP contribution in [0.3, 0.4) is 0 Å². The molecule has 0 saturated heterocycles. The molecule has 17 heavy (non-hydrogen) atoms. The van der Waals surface area contributed by atoms with E-state index in [-0.39, 0.29) is 5.75 Å². The molecule has 0 radical (unpaired) electrons. The van der Waals surface area contributed by atoms with E-state index in [0.717, 1.165) is 16.0 Å². The van der Waals surface area contributed by atoms with Crippen LogP contribution in [0.25, 0.3) is 11.1 Å². The first kappa shape index (κ1) is 12.6. The molecular formula is C13H10Cl2OS. The lowest BCUT2D eigenvalue weighted by Crippen LogP contribution is -1.81. The molecule has 0 aliphatic carbocycles. The molecule has 0 saturated carbocycles. The number of rotatable bonds is 2. The van der Waals surface area contributed by atoms with Crippen LogP contribution in [0.2, 0.25) is 10.0 Å². The maximum absolute atomic E-state index is 9.95.